The molecule has 1 aromatic rings. The Morgan fingerprint density at radius 1 is 1.56 bits per heavy atom. The summed E-state index contributed by atoms with van der Waals surface area (Å²) < 4.78 is 18.2. The minimum atomic E-state index is -0.313. The normalized spacial score (nSPS) is 10.8. The fourth-order valence-corrected chi connectivity index (χ4v) is 1.12. The van der Waals surface area contributed by atoms with Crippen LogP contribution in [0.25, 0.3) is 0 Å². The molecule has 0 heterocycles. The summed E-state index contributed by atoms with van der Waals surface area (Å²) in [4.78, 5) is 8.36. The molecular weight excluding hydrogens is 239 g/mol. The minimum absolute atomic E-state index is 0.250. The van der Waals surface area contributed by atoms with E-state index in [0.29, 0.717) is 23.7 Å². The van der Waals surface area contributed by atoms with Gasteiger partial charge in [-0.25, -0.2) is 4.39 Å². The van der Waals surface area contributed by atoms with Crippen molar-refractivity contribution in [2.75, 3.05) is 19.0 Å². The first-order chi connectivity index (χ1) is 8.56. The summed E-state index contributed by atoms with van der Waals surface area (Å²) in [7, 11) is 1.56. The number of nitrogens with two attached hydrogens (primary N) is 1. The number of carbonyl (C=O) groups is 1. The summed E-state index contributed by atoms with van der Waals surface area (Å²) >= 11 is 0. The van der Waals surface area contributed by atoms with Crippen molar-refractivity contribution >= 4 is 12.2 Å². The second-order valence-electron chi connectivity index (χ2n) is 3.30. The molecule has 0 aromatic heterocycles. The zero-order valence-electron chi connectivity index (χ0n) is 10.3. The monoisotopic (exact) mass is 256 g/mol. The van der Waals surface area contributed by atoms with E-state index in [2.05, 4.69) is 5.32 Å². The molecule has 100 valence electrons. The van der Waals surface area contributed by atoms with Crippen LogP contribution in [0.15, 0.2) is 35.7 Å². The standard InChI is InChI=1S/C11H15FN2O.CH2O2/c1-8(13)11(7-15-2)14-10-6-4-3-5-9(10)12;2-1-3/h3-6,14H,7,13H2,1-2H3;1H,(H,2,3)/b11-8-;. The lowest BCUT2D eigenvalue weighted by molar-refractivity contribution is -0.122. The second kappa shape index (κ2) is 9.00. The number of anilines is 1. The Kier molecular flexibility index (Phi) is 7.96. The highest BCUT2D eigenvalue weighted by Crippen LogP contribution is 2.15. The highest BCUT2D eigenvalue weighted by molar-refractivity contribution is 5.50. The van der Waals surface area contributed by atoms with Crippen LogP contribution in [0.1, 0.15) is 6.92 Å². The summed E-state index contributed by atoms with van der Waals surface area (Å²) in [5.41, 5.74) is 7.29. The maximum atomic E-state index is 13.3. The van der Waals surface area contributed by atoms with Crippen LogP contribution >= 0.6 is 0 Å². The van der Waals surface area contributed by atoms with Crippen LogP contribution < -0.4 is 11.1 Å². The molecule has 0 saturated carbocycles. The summed E-state index contributed by atoms with van der Waals surface area (Å²) in [5, 5.41) is 9.79. The van der Waals surface area contributed by atoms with Crippen molar-refractivity contribution in [3.63, 3.8) is 0 Å². The number of hydrogen-bond acceptors (Lipinski definition) is 4. The number of carboxylic acid groups (broad SMARTS) is 1. The van der Waals surface area contributed by atoms with Crippen molar-refractivity contribution in [2.45, 2.75) is 6.92 Å². The Hall–Kier alpha value is -2.08. The van der Waals surface area contributed by atoms with Gasteiger partial charge < -0.3 is 20.9 Å². The number of allylic oxidation sites excluding steroid dienone is 1. The smallest absolute Gasteiger partial charge is 0.290 e. The van der Waals surface area contributed by atoms with E-state index in [9.17, 15) is 4.39 Å². The lowest BCUT2D eigenvalue weighted by Crippen LogP contribution is -2.13. The summed E-state index contributed by atoms with van der Waals surface area (Å²) in [5.74, 6) is -0.313. The summed E-state index contributed by atoms with van der Waals surface area (Å²) in [6.45, 7) is 1.82. The molecule has 1 rings (SSSR count). The second-order valence-corrected chi connectivity index (χ2v) is 3.30. The number of ether oxygens (including phenoxy) is 1. The van der Waals surface area contributed by atoms with Gasteiger partial charge in [0.25, 0.3) is 6.47 Å². The summed E-state index contributed by atoms with van der Waals surface area (Å²) in [6, 6.07) is 6.42. The van der Waals surface area contributed by atoms with Gasteiger partial charge >= 0.3 is 0 Å². The molecule has 0 saturated heterocycles. The summed E-state index contributed by atoms with van der Waals surface area (Å²) in [6.07, 6.45) is 0. The molecule has 0 spiro atoms. The van der Waals surface area contributed by atoms with Crippen molar-refractivity contribution in [3.8, 4) is 0 Å². The number of para-hydroxylation sites is 1. The molecule has 0 aliphatic carbocycles. The third kappa shape index (κ3) is 5.86. The van der Waals surface area contributed by atoms with Gasteiger partial charge in [0.05, 0.1) is 18.0 Å². The molecule has 0 atom stereocenters. The fraction of sp³-hybridized carbons (Fsp3) is 0.250. The van der Waals surface area contributed by atoms with E-state index in [1.165, 1.54) is 6.07 Å². The Morgan fingerprint density at radius 2 is 2.11 bits per heavy atom. The first-order valence-corrected chi connectivity index (χ1v) is 5.10. The average Bonchev–Trinajstić information content (AvgIpc) is 2.32. The zero-order chi connectivity index (χ0) is 14.0. The van der Waals surface area contributed by atoms with Crippen molar-refractivity contribution in [3.05, 3.63) is 41.5 Å². The topological polar surface area (TPSA) is 84.6 Å². The third-order valence-electron chi connectivity index (χ3n) is 1.92. The Bertz CT molecular complexity index is 404. The van der Waals surface area contributed by atoms with Gasteiger partial charge in [0.1, 0.15) is 5.82 Å². The lowest BCUT2D eigenvalue weighted by Gasteiger charge is -2.12. The third-order valence-corrected chi connectivity index (χ3v) is 1.92. The van der Waals surface area contributed by atoms with Gasteiger partial charge in [0.15, 0.2) is 0 Å². The molecule has 0 aliphatic rings. The van der Waals surface area contributed by atoms with Crippen LogP contribution in [0, 0.1) is 5.82 Å². The van der Waals surface area contributed by atoms with E-state index in [1.807, 2.05) is 0 Å². The van der Waals surface area contributed by atoms with Crippen LogP contribution in [-0.4, -0.2) is 25.3 Å². The first kappa shape index (κ1) is 15.9. The van der Waals surface area contributed by atoms with Crippen LogP contribution in [0.3, 0.4) is 0 Å². The van der Waals surface area contributed by atoms with Crippen LogP contribution in [0.5, 0.6) is 0 Å². The van der Waals surface area contributed by atoms with E-state index in [-0.39, 0.29) is 12.3 Å². The highest BCUT2D eigenvalue weighted by Gasteiger charge is 2.04. The largest absolute Gasteiger partial charge is 0.483 e. The minimum Gasteiger partial charge on any atom is -0.483 e. The van der Waals surface area contributed by atoms with Crippen molar-refractivity contribution in [1.82, 2.24) is 0 Å². The molecule has 0 radical (unpaired) electrons. The Labute approximate surface area is 105 Å². The van der Waals surface area contributed by atoms with E-state index in [1.54, 1.807) is 32.2 Å². The number of methoxy groups -OCH3 is 1. The van der Waals surface area contributed by atoms with Crippen molar-refractivity contribution in [2.24, 2.45) is 5.73 Å². The van der Waals surface area contributed by atoms with Crippen LogP contribution in [-0.2, 0) is 9.53 Å². The highest BCUT2D eigenvalue weighted by atomic mass is 19.1. The number of benzene rings is 1. The number of nitrogens with one attached hydrogen (secondary N) is 1. The molecule has 18 heavy (non-hydrogen) atoms. The molecule has 0 bridgehead atoms. The van der Waals surface area contributed by atoms with E-state index in [0.717, 1.165) is 0 Å². The van der Waals surface area contributed by atoms with Gasteiger partial charge in [-0.15, -0.1) is 0 Å². The molecular formula is C12H17FN2O3. The maximum Gasteiger partial charge on any atom is 0.290 e. The predicted octanol–water partition coefficient (Wildman–Crippen LogP) is 1.77. The molecule has 0 aliphatic heterocycles. The quantitative estimate of drug-likeness (QED) is 0.715. The molecule has 0 amide bonds. The zero-order valence-corrected chi connectivity index (χ0v) is 10.3. The lowest BCUT2D eigenvalue weighted by atomic mass is 10.2. The van der Waals surface area contributed by atoms with E-state index < -0.39 is 0 Å². The fourth-order valence-electron chi connectivity index (χ4n) is 1.12. The molecule has 6 heteroatoms. The average molecular weight is 256 g/mol. The Balaban J connectivity index is 0.000000873. The molecule has 4 N–H and O–H groups in total. The predicted molar refractivity (Wildman–Crippen MR) is 67.5 cm³/mol. The number of hydrogen-bond donors (Lipinski definition) is 3. The SMILES string of the molecule is COC/C(Nc1ccccc1F)=C(\C)N.O=CO. The number of halogens is 1. The van der Waals surface area contributed by atoms with Crippen LogP contribution in [0.2, 0.25) is 0 Å². The molecule has 0 fully saturated rings. The first-order valence-electron chi connectivity index (χ1n) is 5.10. The molecule has 1 aromatic carbocycles. The molecule has 0 unspecified atom stereocenters. The van der Waals surface area contributed by atoms with Gasteiger partial charge in [0, 0.05) is 12.8 Å². The van der Waals surface area contributed by atoms with E-state index in [4.69, 9.17) is 20.4 Å². The Morgan fingerprint density at radius 3 is 2.56 bits per heavy atom. The van der Waals surface area contributed by atoms with Gasteiger partial charge in [-0.05, 0) is 19.1 Å². The van der Waals surface area contributed by atoms with Crippen molar-refractivity contribution < 1.29 is 19.0 Å². The van der Waals surface area contributed by atoms with Crippen molar-refractivity contribution in [1.29, 1.82) is 0 Å². The van der Waals surface area contributed by atoms with Gasteiger partial charge in [-0.2, -0.15) is 0 Å². The van der Waals surface area contributed by atoms with Gasteiger partial charge in [0.2, 0.25) is 0 Å². The van der Waals surface area contributed by atoms with E-state index >= 15 is 0 Å². The maximum absolute atomic E-state index is 13.3. The van der Waals surface area contributed by atoms with Gasteiger partial charge in [-0.3, -0.25) is 4.79 Å². The molecule has 5 nitrogen and oxygen atoms in total. The van der Waals surface area contributed by atoms with Gasteiger partial charge in [-0.1, -0.05) is 12.1 Å². The van der Waals surface area contributed by atoms with Crippen LogP contribution in [0.4, 0.5) is 10.1 Å². The number of rotatable bonds is 4.